The Hall–Kier alpha value is -1.55. The Labute approximate surface area is 93.0 Å². The highest BCUT2D eigenvalue weighted by Gasteiger charge is 2.05. The Morgan fingerprint density at radius 1 is 1.40 bits per heavy atom. The molecule has 2 rings (SSSR count). The van der Waals surface area contributed by atoms with Crippen LogP contribution < -0.4 is 11.1 Å². The van der Waals surface area contributed by atoms with Gasteiger partial charge in [-0.1, -0.05) is 6.07 Å². The standard InChI is InChI=1S/C11H13N3S/c1-8(10-3-2-6-15-10)14-11-5-4-9(12)7-13-11/h2-8H,12H2,1H3,(H,13,14). The number of nitrogens with zero attached hydrogens (tertiary/aromatic N) is 1. The fourth-order valence-corrected chi connectivity index (χ4v) is 2.06. The molecule has 78 valence electrons. The molecule has 0 saturated carbocycles. The van der Waals surface area contributed by atoms with Gasteiger partial charge in [0.2, 0.25) is 0 Å². The van der Waals surface area contributed by atoms with E-state index >= 15 is 0 Å². The number of nitrogens with two attached hydrogens (primary N) is 1. The molecule has 0 aliphatic heterocycles. The molecule has 1 unspecified atom stereocenters. The third-order valence-corrected chi connectivity index (χ3v) is 3.18. The number of hydrogen-bond acceptors (Lipinski definition) is 4. The van der Waals surface area contributed by atoms with Crippen molar-refractivity contribution in [3.8, 4) is 0 Å². The van der Waals surface area contributed by atoms with Crippen LogP contribution >= 0.6 is 11.3 Å². The molecule has 0 spiro atoms. The monoisotopic (exact) mass is 219 g/mol. The minimum absolute atomic E-state index is 0.279. The first-order chi connectivity index (χ1) is 7.25. The van der Waals surface area contributed by atoms with Gasteiger partial charge in [0, 0.05) is 4.88 Å². The molecule has 3 nitrogen and oxygen atoms in total. The number of anilines is 2. The molecule has 0 bridgehead atoms. The maximum atomic E-state index is 5.56. The molecular formula is C11H13N3S. The molecule has 3 N–H and O–H groups in total. The van der Waals surface area contributed by atoms with Crippen LogP contribution in [0.25, 0.3) is 0 Å². The second kappa shape index (κ2) is 4.31. The van der Waals surface area contributed by atoms with Crippen LogP contribution in [0.5, 0.6) is 0 Å². The topological polar surface area (TPSA) is 50.9 Å². The molecule has 0 radical (unpaired) electrons. The van der Waals surface area contributed by atoms with Gasteiger partial charge >= 0.3 is 0 Å². The van der Waals surface area contributed by atoms with E-state index < -0.39 is 0 Å². The van der Waals surface area contributed by atoms with E-state index in [1.165, 1.54) is 4.88 Å². The van der Waals surface area contributed by atoms with Crippen molar-refractivity contribution >= 4 is 22.8 Å². The average molecular weight is 219 g/mol. The second-order valence-corrected chi connectivity index (χ2v) is 4.34. The van der Waals surface area contributed by atoms with Gasteiger partial charge in [-0.3, -0.25) is 0 Å². The normalized spacial score (nSPS) is 12.3. The molecule has 1 atom stereocenters. The summed E-state index contributed by atoms with van der Waals surface area (Å²) in [4.78, 5) is 5.50. The predicted molar refractivity (Wildman–Crippen MR) is 65.0 cm³/mol. The van der Waals surface area contributed by atoms with Gasteiger partial charge in [-0.05, 0) is 30.5 Å². The maximum absolute atomic E-state index is 5.56. The molecule has 0 aliphatic rings. The molecule has 0 aliphatic carbocycles. The minimum atomic E-state index is 0.279. The quantitative estimate of drug-likeness (QED) is 0.834. The lowest BCUT2D eigenvalue weighted by Gasteiger charge is -2.12. The van der Waals surface area contributed by atoms with Gasteiger partial charge in [-0.15, -0.1) is 11.3 Å². The van der Waals surface area contributed by atoms with Crippen molar-refractivity contribution in [2.45, 2.75) is 13.0 Å². The largest absolute Gasteiger partial charge is 0.397 e. The third-order valence-electron chi connectivity index (χ3n) is 2.12. The molecule has 0 saturated heterocycles. The molecule has 0 amide bonds. The number of nitrogen functional groups attached to an aromatic ring is 1. The Kier molecular flexibility index (Phi) is 2.87. The summed E-state index contributed by atoms with van der Waals surface area (Å²) in [5, 5.41) is 5.39. The fraction of sp³-hybridized carbons (Fsp3) is 0.182. The van der Waals surface area contributed by atoms with Gasteiger partial charge in [-0.2, -0.15) is 0 Å². The van der Waals surface area contributed by atoms with Gasteiger partial charge in [0.1, 0.15) is 5.82 Å². The summed E-state index contributed by atoms with van der Waals surface area (Å²) in [6.07, 6.45) is 1.66. The van der Waals surface area contributed by atoms with Crippen LogP contribution in [0.2, 0.25) is 0 Å². The molecule has 2 heterocycles. The summed E-state index contributed by atoms with van der Waals surface area (Å²) in [6, 6.07) is 8.17. The second-order valence-electron chi connectivity index (χ2n) is 3.36. The van der Waals surface area contributed by atoms with Crippen molar-refractivity contribution < 1.29 is 0 Å². The Morgan fingerprint density at radius 2 is 2.27 bits per heavy atom. The number of hydrogen-bond donors (Lipinski definition) is 2. The summed E-state index contributed by atoms with van der Waals surface area (Å²) in [6.45, 7) is 2.11. The fourth-order valence-electron chi connectivity index (χ4n) is 1.32. The van der Waals surface area contributed by atoms with Crippen LogP contribution in [0.4, 0.5) is 11.5 Å². The maximum Gasteiger partial charge on any atom is 0.126 e. The lowest BCUT2D eigenvalue weighted by Crippen LogP contribution is -2.06. The summed E-state index contributed by atoms with van der Waals surface area (Å²) >= 11 is 1.74. The van der Waals surface area contributed by atoms with E-state index in [1.807, 2.05) is 12.1 Å². The van der Waals surface area contributed by atoms with Crippen molar-refractivity contribution in [2.75, 3.05) is 11.1 Å². The van der Waals surface area contributed by atoms with Gasteiger partial charge in [0.05, 0.1) is 17.9 Å². The highest BCUT2D eigenvalue weighted by molar-refractivity contribution is 7.10. The number of nitrogens with one attached hydrogen (secondary N) is 1. The van der Waals surface area contributed by atoms with Crippen LogP contribution in [0.1, 0.15) is 17.8 Å². The summed E-state index contributed by atoms with van der Waals surface area (Å²) in [5.74, 6) is 0.852. The average Bonchev–Trinajstić information content (AvgIpc) is 2.74. The lowest BCUT2D eigenvalue weighted by atomic mass is 10.2. The van der Waals surface area contributed by atoms with Gasteiger partial charge < -0.3 is 11.1 Å². The van der Waals surface area contributed by atoms with Crippen molar-refractivity contribution in [2.24, 2.45) is 0 Å². The first-order valence-corrected chi connectivity index (χ1v) is 5.65. The van der Waals surface area contributed by atoms with Crippen molar-refractivity contribution in [1.82, 2.24) is 4.98 Å². The lowest BCUT2D eigenvalue weighted by molar-refractivity contribution is 0.897. The summed E-state index contributed by atoms with van der Waals surface area (Å²) in [5.41, 5.74) is 6.25. The number of pyridine rings is 1. The van der Waals surface area contributed by atoms with Crippen LogP contribution in [-0.4, -0.2) is 4.98 Å². The molecule has 2 aromatic heterocycles. The van der Waals surface area contributed by atoms with Crippen molar-refractivity contribution in [3.63, 3.8) is 0 Å². The van der Waals surface area contributed by atoms with E-state index in [1.54, 1.807) is 17.5 Å². The number of thiophene rings is 1. The van der Waals surface area contributed by atoms with Gasteiger partial charge in [0.15, 0.2) is 0 Å². The van der Waals surface area contributed by atoms with Crippen LogP contribution in [0.3, 0.4) is 0 Å². The molecule has 15 heavy (non-hydrogen) atoms. The Bertz CT molecular complexity index is 408. The van der Waals surface area contributed by atoms with Gasteiger partial charge in [0.25, 0.3) is 0 Å². The first kappa shape index (κ1) is 9.98. The highest BCUT2D eigenvalue weighted by atomic mass is 32.1. The Balaban J connectivity index is 2.06. The van der Waals surface area contributed by atoms with Crippen molar-refractivity contribution in [1.29, 1.82) is 0 Å². The van der Waals surface area contributed by atoms with E-state index in [0.29, 0.717) is 5.69 Å². The number of rotatable bonds is 3. The third kappa shape index (κ3) is 2.47. The van der Waals surface area contributed by atoms with E-state index in [-0.39, 0.29) is 6.04 Å². The van der Waals surface area contributed by atoms with Crippen LogP contribution in [0, 0.1) is 0 Å². The smallest absolute Gasteiger partial charge is 0.126 e. The zero-order valence-electron chi connectivity index (χ0n) is 8.47. The highest BCUT2D eigenvalue weighted by Crippen LogP contribution is 2.22. The SMILES string of the molecule is CC(Nc1ccc(N)cn1)c1cccs1. The van der Waals surface area contributed by atoms with E-state index in [9.17, 15) is 0 Å². The van der Waals surface area contributed by atoms with Crippen molar-refractivity contribution in [3.05, 3.63) is 40.7 Å². The summed E-state index contributed by atoms with van der Waals surface area (Å²) in [7, 11) is 0. The molecule has 0 aromatic carbocycles. The molecule has 0 fully saturated rings. The van der Waals surface area contributed by atoms with Crippen LogP contribution in [-0.2, 0) is 0 Å². The van der Waals surface area contributed by atoms with E-state index in [0.717, 1.165) is 5.82 Å². The summed E-state index contributed by atoms with van der Waals surface area (Å²) < 4.78 is 0. The number of aromatic nitrogens is 1. The Morgan fingerprint density at radius 3 is 2.87 bits per heavy atom. The first-order valence-electron chi connectivity index (χ1n) is 4.77. The van der Waals surface area contributed by atoms with E-state index in [4.69, 9.17) is 5.73 Å². The zero-order valence-corrected chi connectivity index (χ0v) is 9.29. The molecule has 4 heteroatoms. The van der Waals surface area contributed by atoms with E-state index in [2.05, 4.69) is 34.7 Å². The zero-order chi connectivity index (χ0) is 10.7. The predicted octanol–water partition coefficient (Wildman–Crippen LogP) is 2.90. The molecular weight excluding hydrogens is 206 g/mol. The minimum Gasteiger partial charge on any atom is -0.397 e. The molecule has 2 aromatic rings. The van der Waals surface area contributed by atoms with Crippen LogP contribution in [0.15, 0.2) is 35.8 Å². The van der Waals surface area contributed by atoms with Gasteiger partial charge in [-0.25, -0.2) is 4.98 Å².